The van der Waals surface area contributed by atoms with Crippen molar-refractivity contribution in [2.24, 2.45) is 13.0 Å². The first kappa shape index (κ1) is 13.6. The quantitative estimate of drug-likeness (QED) is 0.860. The van der Waals surface area contributed by atoms with Gasteiger partial charge in [-0.3, -0.25) is 4.68 Å². The van der Waals surface area contributed by atoms with Crippen molar-refractivity contribution in [3.05, 3.63) is 18.0 Å². The van der Waals surface area contributed by atoms with Crippen molar-refractivity contribution in [2.45, 2.75) is 51.2 Å². The van der Waals surface area contributed by atoms with Crippen LogP contribution >= 0.6 is 0 Å². The van der Waals surface area contributed by atoms with E-state index in [1.807, 2.05) is 24.0 Å². The van der Waals surface area contributed by atoms with Crippen LogP contribution in [0.2, 0.25) is 0 Å². The molecule has 1 unspecified atom stereocenters. The second-order valence-corrected chi connectivity index (χ2v) is 5.89. The van der Waals surface area contributed by atoms with Gasteiger partial charge in [-0.1, -0.05) is 6.92 Å². The molecular formula is C14H25N3O. The maximum absolute atomic E-state index is 10.5. The normalized spacial score (nSPS) is 30.3. The van der Waals surface area contributed by atoms with Gasteiger partial charge in [0.15, 0.2) is 0 Å². The maximum atomic E-state index is 10.5. The average molecular weight is 251 g/mol. The highest BCUT2D eigenvalue weighted by molar-refractivity contribution is 5.05. The summed E-state index contributed by atoms with van der Waals surface area (Å²) in [6.07, 6.45) is 5.92. The molecule has 4 heteroatoms. The summed E-state index contributed by atoms with van der Waals surface area (Å²) in [5.74, 6) is 0.764. The van der Waals surface area contributed by atoms with E-state index >= 15 is 0 Å². The molecule has 0 aromatic carbocycles. The van der Waals surface area contributed by atoms with E-state index < -0.39 is 5.60 Å². The Morgan fingerprint density at radius 3 is 2.78 bits per heavy atom. The predicted molar refractivity (Wildman–Crippen MR) is 72.2 cm³/mol. The minimum absolute atomic E-state index is 0.223. The topological polar surface area (TPSA) is 50.1 Å². The van der Waals surface area contributed by atoms with E-state index in [0.29, 0.717) is 6.54 Å². The molecule has 0 radical (unpaired) electrons. The Morgan fingerprint density at radius 2 is 2.22 bits per heavy atom. The van der Waals surface area contributed by atoms with E-state index in [2.05, 4.69) is 24.3 Å². The van der Waals surface area contributed by atoms with Gasteiger partial charge in [0.1, 0.15) is 0 Å². The zero-order valence-electron chi connectivity index (χ0n) is 11.7. The number of rotatable bonds is 4. The van der Waals surface area contributed by atoms with Crippen LogP contribution in [0.1, 0.15) is 51.3 Å². The third kappa shape index (κ3) is 3.12. The smallest absolute Gasteiger partial charge is 0.0772 e. The van der Waals surface area contributed by atoms with Gasteiger partial charge in [-0.05, 0) is 44.6 Å². The Morgan fingerprint density at radius 1 is 1.56 bits per heavy atom. The summed E-state index contributed by atoms with van der Waals surface area (Å²) >= 11 is 0. The first-order valence-corrected chi connectivity index (χ1v) is 6.94. The maximum Gasteiger partial charge on any atom is 0.0772 e. The molecular weight excluding hydrogens is 226 g/mol. The van der Waals surface area contributed by atoms with Crippen LogP contribution < -0.4 is 5.32 Å². The Bertz CT molecular complexity index is 380. The van der Waals surface area contributed by atoms with Crippen molar-refractivity contribution in [2.75, 3.05) is 6.54 Å². The van der Waals surface area contributed by atoms with Crippen LogP contribution in [0.3, 0.4) is 0 Å². The van der Waals surface area contributed by atoms with Crippen LogP contribution in [0.25, 0.3) is 0 Å². The van der Waals surface area contributed by atoms with Crippen molar-refractivity contribution < 1.29 is 5.11 Å². The van der Waals surface area contributed by atoms with Crippen LogP contribution in [-0.4, -0.2) is 27.0 Å². The van der Waals surface area contributed by atoms with E-state index in [1.165, 1.54) is 0 Å². The van der Waals surface area contributed by atoms with Crippen LogP contribution in [0, 0.1) is 5.92 Å². The fourth-order valence-corrected chi connectivity index (χ4v) is 2.73. The molecule has 0 amide bonds. The summed E-state index contributed by atoms with van der Waals surface area (Å²) in [6.45, 7) is 5.06. The number of nitrogens with zero attached hydrogens (tertiary/aromatic N) is 2. The molecule has 2 rings (SSSR count). The van der Waals surface area contributed by atoms with Crippen molar-refractivity contribution in [3.63, 3.8) is 0 Å². The van der Waals surface area contributed by atoms with E-state index in [9.17, 15) is 5.11 Å². The lowest BCUT2D eigenvalue weighted by Gasteiger charge is -2.36. The molecule has 1 atom stereocenters. The molecule has 1 fully saturated rings. The number of aliphatic hydroxyl groups is 1. The molecule has 1 aliphatic carbocycles. The summed E-state index contributed by atoms with van der Waals surface area (Å²) in [6, 6.07) is 2.24. The molecule has 18 heavy (non-hydrogen) atoms. The zero-order chi connectivity index (χ0) is 13.2. The van der Waals surface area contributed by atoms with Gasteiger partial charge in [0.25, 0.3) is 0 Å². The fourth-order valence-electron chi connectivity index (χ4n) is 2.73. The van der Waals surface area contributed by atoms with E-state index in [0.717, 1.165) is 37.3 Å². The zero-order valence-corrected chi connectivity index (χ0v) is 11.7. The lowest BCUT2D eigenvalue weighted by atomic mass is 9.79. The van der Waals surface area contributed by atoms with Crippen molar-refractivity contribution in [3.8, 4) is 0 Å². The third-order valence-electron chi connectivity index (χ3n) is 4.24. The highest BCUT2D eigenvalue weighted by atomic mass is 16.3. The average Bonchev–Trinajstić information content (AvgIpc) is 2.77. The van der Waals surface area contributed by atoms with Crippen LogP contribution in [0.15, 0.2) is 12.3 Å². The molecule has 1 aromatic rings. The van der Waals surface area contributed by atoms with Crippen LogP contribution in [-0.2, 0) is 7.05 Å². The van der Waals surface area contributed by atoms with E-state index in [1.54, 1.807) is 0 Å². The van der Waals surface area contributed by atoms with Crippen molar-refractivity contribution >= 4 is 0 Å². The molecule has 2 N–H and O–H groups in total. The number of hydrogen-bond donors (Lipinski definition) is 2. The second-order valence-electron chi connectivity index (χ2n) is 5.89. The van der Waals surface area contributed by atoms with Gasteiger partial charge in [-0.2, -0.15) is 5.10 Å². The molecule has 1 saturated carbocycles. The Balaban J connectivity index is 1.86. The monoisotopic (exact) mass is 251 g/mol. The summed E-state index contributed by atoms with van der Waals surface area (Å²) in [4.78, 5) is 0. The standard InChI is InChI=1S/C14H25N3O/c1-11-4-7-14(18,8-5-11)10-15-12(2)13-6-9-16-17(13)3/h6,9,11-12,15,18H,4-5,7-8,10H2,1-3H3. The largest absolute Gasteiger partial charge is 0.389 e. The Hall–Kier alpha value is -0.870. The minimum atomic E-state index is -0.515. The number of aryl methyl sites for hydroxylation is 1. The van der Waals surface area contributed by atoms with Gasteiger partial charge >= 0.3 is 0 Å². The first-order valence-electron chi connectivity index (χ1n) is 6.94. The summed E-state index contributed by atoms with van der Waals surface area (Å²) in [7, 11) is 1.95. The molecule has 4 nitrogen and oxygen atoms in total. The molecule has 1 heterocycles. The van der Waals surface area contributed by atoms with Gasteiger partial charge < -0.3 is 10.4 Å². The highest BCUT2D eigenvalue weighted by Gasteiger charge is 2.31. The summed E-state index contributed by atoms with van der Waals surface area (Å²) in [5.41, 5.74) is 0.641. The molecule has 102 valence electrons. The Labute approximate surface area is 109 Å². The highest BCUT2D eigenvalue weighted by Crippen LogP contribution is 2.31. The number of nitrogens with one attached hydrogen (secondary N) is 1. The molecule has 1 aliphatic rings. The number of aromatic nitrogens is 2. The summed E-state index contributed by atoms with van der Waals surface area (Å²) < 4.78 is 1.88. The molecule has 0 spiro atoms. The fraction of sp³-hybridized carbons (Fsp3) is 0.786. The third-order valence-corrected chi connectivity index (χ3v) is 4.24. The SMILES string of the molecule is CC1CCC(O)(CNC(C)c2ccnn2C)CC1. The second kappa shape index (κ2) is 5.41. The molecule has 0 aliphatic heterocycles. The first-order chi connectivity index (χ1) is 8.50. The lowest BCUT2D eigenvalue weighted by Crippen LogP contribution is -2.44. The van der Waals surface area contributed by atoms with Gasteiger partial charge in [0.2, 0.25) is 0 Å². The molecule has 0 bridgehead atoms. The van der Waals surface area contributed by atoms with E-state index in [-0.39, 0.29) is 6.04 Å². The number of hydrogen-bond acceptors (Lipinski definition) is 3. The summed E-state index contributed by atoms with van der Waals surface area (Å²) in [5, 5.41) is 18.1. The van der Waals surface area contributed by atoms with Crippen molar-refractivity contribution in [1.82, 2.24) is 15.1 Å². The molecule has 1 aromatic heterocycles. The lowest BCUT2D eigenvalue weighted by molar-refractivity contribution is -0.00799. The van der Waals surface area contributed by atoms with Gasteiger partial charge in [-0.15, -0.1) is 0 Å². The molecule has 0 saturated heterocycles. The van der Waals surface area contributed by atoms with Crippen LogP contribution in [0.5, 0.6) is 0 Å². The van der Waals surface area contributed by atoms with Gasteiger partial charge in [0.05, 0.1) is 11.3 Å². The van der Waals surface area contributed by atoms with Gasteiger partial charge in [0, 0.05) is 25.8 Å². The predicted octanol–water partition coefficient (Wildman–Crippen LogP) is 2.01. The van der Waals surface area contributed by atoms with Gasteiger partial charge in [-0.25, -0.2) is 0 Å². The Kier molecular flexibility index (Phi) is 4.07. The van der Waals surface area contributed by atoms with Crippen molar-refractivity contribution in [1.29, 1.82) is 0 Å². The van der Waals surface area contributed by atoms with Crippen LogP contribution in [0.4, 0.5) is 0 Å². The van der Waals surface area contributed by atoms with E-state index in [4.69, 9.17) is 0 Å². The minimum Gasteiger partial charge on any atom is -0.389 e.